The van der Waals surface area contributed by atoms with Crippen LogP contribution >= 0.6 is 0 Å². The lowest BCUT2D eigenvalue weighted by Gasteiger charge is -2.67. The first-order valence-electron chi connectivity index (χ1n) is 14.8. The van der Waals surface area contributed by atoms with Crippen molar-refractivity contribution in [1.29, 1.82) is 0 Å². The summed E-state index contributed by atoms with van der Waals surface area (Å²) in [6.45, 7) is 6.65. The zero-order valence-electron chi connectivity index (χ0n) is 24.9. The summed E-state index contributed by atoms with van der Waals surface area (Å²) >= 11 is 0. The van der Waals surface area contributed by atoms with E-state index in [2.05, 4.69) is 39.0 Å². The minimum Gasteiger partial charge on any atom is -0.458 e. The number of fused-ring (bicyclic) bond motifs is 3. The number of esters is 1. The Bertz CT molecular complexity index is 1440. The Morgan fingerprint density at radius 3 is 2.24 bits per heavy atom. The van der Waals surface area contributed by atoms with Crippen molar-refractivity contribution in [2.75, 3.05) is 14.2 Å². The Morgan fingerprint density at radius 1 is 0.952 bits per heavy atom. The average molecular weight is 574 g/mol. The van der Waals surface area contributed by atoms with E-state index in [0.717, 1.165) is 19.3 Å². The van der Waals surface area contributed by atoms with Gasteiger partial charge >= 0.3 is 5.97 Å². The van der Waals surface area contributed by atoms with Crippen molar-refractivity contribution in [3.63, 3.8) is 0 Å². The Balaban J connectivity index is 1.35. The first-order valence-corrected chi connectivity index (χ1v) is 14.8. The number of ether oxygens (including phenoxy) is 3. The lowest BCUT2D eigenvalue weighted by molar-refractivity contribution is -0.384. The maximum absolute atomic E-state index is 14.7. The fraction of sp³-hybridized carbons (Fsp3) is 0.529. The van der Waals surface area contributed by atoms with Crippen molar-refractivity contribution in [3.8, 4) is 0 Å². The number of nitro groups is 1. The highest BCUT2D eigenvalue weighted by atomic mass is 16.7. The number of allylic oxidation sites excluding steroid dienone is 1. The molecule has 0 radical (unpaired) electrons. The Hall–Kier alpha value is -3.36. The van der Waals surface area contributed by atoms with Gasteiger partial charge in [0.05, 0.1) is 15.9 Å². The Labute approximate surface area is 246 Å². The van der Waals surface area contributed by atoms with Crippen LogP contribution in [0.2, 0.25) is 0 Å². The Kier molecular flexibility index (Phi) is 6.74. The van der Waals surface area contributed by atoms with Gasteiger partial charge in [0.1, 0.15) is 6.10 Å². The maximum atomic E-state index is 14.7. The van der Waals surface area contributed by atoms with Crippen molar-refractivity contribution in [3.05, 3.63) is 87.5 Å². The molecule has 42 heavy (non-hydrogen) atoms. The molecule has 7 rings (SSSR count). The number of ketones is 1. The van der Waals surface area contributed by atoms with Crippen molar-refractivity contribution in [1.82, 2.24) is 0 Å². The number of Topliss-reactive ketones (excluding diaryl/α,β-unsaturated/α-hetero) is 1. The second-order valence-electron chi connectivity index (χ2n) is 13.3. The number of carbonyl (C=O) groups excluding carboxylic acids is 2. The number of non-ortho nitro benzene ring substituents is 1. The SMILES string of the molecule is COC1(OC)C(=O)[C@]23CC[C@@H]4C(C)(C)[C@H](OC(=O)c5ccc([N+](=O)[O-])cc5)CC[C@@]4(C)C2=C[C@H]1C[C@H]3c1ccccc1. The van der Waals surface area contributed by atoms with Crippen LogP contribution in [0.25, 0.3) is 0 Å². The standard InChI is InChI=1S/C34H39NO7/c1-31(2)26-15-18-33-25(21-9-7-6-8-10-21)19-23(34(40-4,41-5)30(33)37)20-27(33)32(26,3)17-16-28(31)42-29(36)22-11-13-24(14-12-22)35(38)39/h6-14,20,23,25-26,28H,15-19H2,1-5H3/t23-,25+,26-,28-,32-,33+/m1/s1. The van der Waals surface area contributed by atoms with Crippen molar-refractivity contribution in [2.24, 2.45) is 28.1 Å². The molecule has 0 saturated heterocycles. The van der Waals surface area contributed by atoms with E-state index in [4.69, 9.17) is 14.2 Å². The number of nitrogens with zero attached hydrogens (tertiary/aromatic N) is 1. The molecule has 8 nitrogen and oxygen atoms in total. The molecule has 0 heterocycles. The van der Waals surface area contributed by atoms with Crippen molar-refractivity contribution in [2.45, 2.75) is 70.7 Å². The van der Waals surface area contributed by atoms with E-state index in [9.17, 15) is 19.7 Å². The predicted octanol–water partition coefficient (Wildman–Crippen LogP) is 6.64. The fourth-order valence-electron chi connectivity index (χ4n) is 9.42. The summed E-state index contributed by atoms with van der Waals surface area (Å²) < 4.78 is 18.0. The summed E-state index contributed by atoms with van der Waals surface area (Å²) in [5.41, 5.74) is 1.24. The van der Waals surface area contributed by atoms with Gasteiger partial charge in [-0.1, -0.05) is 62.8 Å². The highest BCUT2D eigenvalue weighted by molar-refractivity contribution is 5.98. The lowest BCUT2D eigenvalue weighted by atomic mass is 9.37. The van der Waals surface area contributed by atoms with Crippen LogP contribution in [0.15, 0.2) is 66.2 Å². The molecule has 3 fully saturated rings. The molecule has 8 heteroatoms. The van der Waals surface area contributed by atoms with Gasteiger partial charge in [0.25, 0.3) is 5.69 Å². The quantitative estimate of drug-likeness (QED) is 0.125. The lowest BCUT2D eigenvalue weighted by Crippen LogP contribution is -2.69. The second-order valence-corrected chi connectivity index (χ2v) is 13.3. The molecular weight excluding hydrogens is 534 g/mol. The van der Waals surface area contributed by atoms with Crippen LogP contribution in [0.1, 0.15) is 74.7 Å². The first kappa shape index (κ1) is 28.7. The van der Waals surface area contributed by atoms with Crippen molar-refractivity contribution >= 4 is 17.4 Å². The molecule has 2 aromatic carbocycles. The molecule has 0 unspecified atom stereocenters. The zero-order chi connectivity index (χ0) is 30.1. The molecule has 1 spiro atoms. The molecule has 2 aromatic rings. The number of rotatable bonds is 6. The van der Waals surface area contributed by atoms with Gasteiger partial charge < -0.3 is 14.2 Å². The van der Waals surface area contributed by atoms with Gasteiger partial charge in [0.2, 0.25) is 11.6 Å². The number of hydrogen-bond donors (Lipinski definition) is 0. The number of methoxy groups -OCH3 is 2. The zero-order valence-corrected chi connectivity index (χ0v) is 24.9. The van der Waals surface area contributed by atoms with Crippen LogP contribution in [0.5, 0.6) is 0 Å². The molecule has 0 N–H and O–H groups in total. The second kappa shape index (κ2) is 9.85. The highest BCUT2D eigenvalue weighted by Gasteiger charge is 2.72. The van der Waals surface area contributed by atoms with E-state index >= 15 is 0 Å². The summed E-state index contributed by atoms with van der Waals surface area (Å²) in [6.07, 6.45) is 5.66. The highest BCUT2D eigenvalue weighted by Crippen LogP contribution is 2.73. The van der Waals surface area contributed by atoms with E-state index in [1.54, 1.807) is 14.2 Å². The van der Waals surface area contributed by atoms with Gasteiger partial charge in [-0.2, -0.15) is 0 Å². The number of benzene rings is 2. The van der Waals surface area contributed by atoms with Gasteiger partial charge in [-0.25, -0.2) is 4.79 Å². The molecular formula is C34H39NO7. The van der Waals surface area contributed by atoms with Crippen molar-refractivity contribution < 1.29 is 28.7 Å². The normalized spacial score (nSPS) is 34.1. The van der Waals surface area contributed by atoms with Crippen LogP contribution in [-0.2, 0) is 19.0 Å². The number of nitro benzene ring substituents is 1. The average Bonchev–Trinajstić information content (AvgIpc) is 2.99. The third-order valence-electron chi connectivity index (χ3n) is 11.4. The van der Waals surface area contributed by atoms with E-state index < -0.39 is 22.1 Å². The monoisotopic (exact) mass is 573 g/mol. The van der Waals surface area contributed by atoms with Gasteiger partial charge in [0, 0.05) is 43.6 Å². The third kappa shape index (κ3) is 3.80. The molecule has 3 saturated carbocycles. The van der Waals surface area contributed by atoms with E-state index in [-0.39, 0.29) is 46.2 Å². The first-order chi connectivity index (χ1) is 20.0. The summed E-state index contributed by atoms with van der Waals surface area (Å²) in [7, 11) is 3.15. The number of hydrogen-bond acceptors (Lipinski definition) is 7. The van der Waals surface area contributed by atoms with Crippen LogP contribution in [0, 0.1) is 38.2 Å². The largest absolute Gasteiger partial charge is 0.458 e. The smallest absolute Gasteiger partial charge is 0.338 e. The van der Waals surface area contributed by atoms with Gasteiger partial charge in [0.15, 0.2) is 0 Å². The van der Waals surface area contributed by atoms with Crippen LogP contribution < -0.4 is 0 Å². The predicted molar refractivity (Wildman–Crippen MR) is 156 cm³/mol. The van der Waals surface area contributed by atoms with E-state index in [1.807, 2.05) is 18.2 Å². The van der Waals surface area contributed by atoms with Crippen LogP contribution in [-0.4, -0.2) is 42.8 Å². The van der Waals surface area contributed by atoms with Crippen LogP contribution in [0.4, 0.5) is 5.69 Å². The summed E-state index contributed by atoms with van der Waals surface area (Å²) in [6, 6.07) is 15.9. The molecule has 2 bridgehead atoms. The van der Waals surface area contributed by atoms with E-state index in [1.165, 1.54) is 35.4 Å². The minimum absolute atomic E-state index is 0.0341. The molecule has 5 aliphatic rings. The molecule has 222 valence electrons. The van der Waals surface area contributed by atoms with Crippen LogP contribution in [0.3, 0.4) is 0 Å². The molecule has 0 aromatic heterocycles. The summed E-state index contributed by atoms with van der Waals surface area (Å²) in [5, 5.41) is 11.0. The topological polar surface area (TPSA) is 105 Å². The van der Waals surface area contributed by atoms with Gasteiger partial charge in [-0.05, 0) is 61.1 Å². The molecule has 0 amide bonds. The van der Waals surface area contributed by atoms with E-state index in [0.29, 0.717) is 18.4 Å². The molecule has 0 aliphatic heterocycles. The molecule has 6 atom stereocenters. The maximum Gasteiger partial charge on any atom is 0.338 e. The molecule has 5 aliphatic carbocycles. The number of carbonyl (C=O) groups is 2. The van der Waals surface area contributed by atoms with Gasteiger partial charge in [-0.3, -0.25) is 14.9 Å². The summed E-state index contributed by atoms with van der Waals surface area (Å²) in [4.78, 5) is 38.4. The fourth-order valence-corrected chi connectivity index (χ4v) is 9.42. The summed E-state index contributed by atoms with van der Waals surface area (Å²) in [5.74, 6) is -1.73. The minimum atomic E-state index is -1.29. The van der Waals surface area contributed by atoms with Gasteiger partial charge in [-0.15, -0.1) is 0 Å². The third-order valence-corrected chi connectivity index (χ3v) is 11.4. The Morgan fingerprint density at radius 2 is 1.62 bits per heavy atom.